The molecule has 8 aliphatic rings. The van der Waals surface area contributed by atoms with Gasteiger partial charge in [-0.2, -0.15) is 0 Å². The Morgan fingerprint density at radius 2 is 0.881 bits per heavy atom. The summed E-state index contributed by atoms with van der Waals surface area (Å²) in [6, 6.07) is 27.9. The van der Waals surface area contributed by atoms with Gasteiger partial charge in [-0.15, -0.1) is 11.6 Å². The Hall–Kier alpha value is -9.77. The molecule has 12 aromatic rings. The minimum atomic E-state index is -1.82. The second kappa shape index (κ2) is 56.8. The summed E-state index contributed by atoms with van der Waals surface area (Å²) in [5, 5.41) is 48.2. The van der Waals surface area contributed by atoms with Crippen LogP contribution >= 0.6 is 39.1 Å². The van der Waals surface area contributed by atoms with Gasteiger partial charge in [-0.05, 0) is 233 Å². The third-order valence-corrected chi connectivity index (χ3v) is 24.8. The molecule has 2 spiro atoms. The molecule has 40 heteroatoms. The maximum Gasteiger partial charge on any atom is 1.00 e. The fourth-order valence-electron chi connectivity index (χ4n) is 16.3. The number of piperidine rings is 2. The van der Waals surface area contributed by atoms with E-state index in [1.165, 1.54) is 83.3 Å². The first-order valence-electron chi connectivity index (χ1n) is 45.1. The van der Waals surface area contributed by atoms with Crippen LogP contribution in [0.2, 0.25) is 5.15 Å². The van der Waals surface area contributed by atoms with Crippen LogP contribution < -0.4 is 146 Å². The molecule has 0 saturated carbocycles. The first-order chi connectivity index (χ1) is 68.3. The van der Waals surface area contributed by atoms with Crippen LogP contribution in [0.3, 0.4) is 0 Å². The van der Waals surface area contributed by atoms with Gasteiger partial charge in [0.2, 0.25) is 17.6 Å². The Balaban J connectivity index is 0.000000193. The minimum Gasteiger partial charge on any atom is -0.505 e. The van der Waals surface area contributed by atoms with Gasteiger partial charge in [-0.1, -0.05) is 98.4 Å². The molecule has 143 heavy (non-hydrogen) atoms. The molecule has 0 bridgehead atoms. The number of aromatic hydroxyl groups is 2. The number of methoxy groups -OCH3 is 4. The van der Waals surface area contributed by atoms with Crippen molar-refractivity contribution in [2.75, 3.05) is 113 Å². The van der Waals surface area contributed by atoms with Crippen molar-refractivity contribution in [3.05, 3.63) is 236 Å². The molecule has 4 fully saturated rings. The van der Waals surface area contributed by atoms with Crippen LogP contribution in [0, 0.1) is 54.8 Å². The number of ether oxygens (including phenoxy) is 10. The van der Waals surface area contributed by atoms with Gasteiger partial charge in [-0.3, -0.25) is 4.79 Å². The number of allylic oxidation sites excluding steroid dienone is 4. The van der Waals surface area contributed by atoms with Gasteiger partial charge in [0, 0.05) is 75.5 Å². The Morgan fingerprint density at radius 3 is 1.25 bits per heavy atom. The third-order valence-electron chi connectivity index (χ3n) is 23.7. The molecule has 30 nitrogen and oxygen atoms in total. The van der Waals surface area contributed by atoms with E-state index in [-0.39, 0.29) is 168 Å². The Bertz CT molecular complexity index is 6460. The second-order valence-corrected chi connectivity index (χ2v) is 35.2. The normalized spacial score (nSPS) is 14.6. The number of aliphatic hydroxyl groups is 1. The number of hydrogen-bond donors (Lipinski definition) is 6. The number of aryl methyl sites for hydroxylation is 2. The summed E-state index contributed by atoms with van der Waals surface area (Å²) in [7, 11) is 7.28. The number of carbonyl (C=O) groups is 3. The maximum absolute atomic E-state index is 15.1. The van der Waals surface area contributed by atoms with Crippen LogP contribution in [-0.4, -0.2) is 201 Å². The number of aliphatic hydroxyl groups excluding tert-OH is 1. The molecule has 20 rings (SSSR count). The van der Waals surface area contributed by atoms with Crippen molar-refractivity contribution in [3.8, 4) is 75.1 Å². The predicted octanol–water partition coefficient (Wildman–Crippen LogP) is 14.9. The van der Waals surface area contributed by atoms with Gasteiger partial charge in [0.25, 0.3) is 0 Å². The number of phenolic OH excluding ortho intramolecular Hbond substituents is 2. The molecule has 0 unspecified atom stereocenters. The van der Waals surface area contributed by atoms with Crippen molar-refractivity contribution >= 4 is 125 Å². The second-order valence-electron chi connectivity index (χ2n) is 33.7. The number of aliphatic carboxylic acids is 2. The molecule has 4 aliphatic carbocycles. The van der Waals surface area contributed by atoms with E-state index in [0.717, 1.165) is 181 Å². The summed E-state index contributed by atoms with van der Waals surface area (Å²) < 4.78 is 130. The van der Waals surface area contributed by atoms with Crippen molar-refractivity contribution in [2.24, 2.45) is 10.8 Å². The van der Waals surface area contributed by atoms with Crippen molar-refractivity contribution in [3.63, 3.8) is 0 Å². The zero-order valence-corrected chi connectivity index (χ0v) is 90.7. The summed E-state index contributed by atoms with van der Waals surface area (Å²) in [5.41, 5.74) is 16.4. The van der Waals surface area contributed by atoms with Crippen molar-refractivity contribution in [2.45, 2.75) is 106 Å². The third kappa shape index (κ3) is 31.2. The van der Waals surface area contributed by atoms with Gasteiger partial charge in [0.05, 0.1) is 99.7 Å². The number of fused-ring (bicyclic) bond motifs is 8. The zero-order valence-electron chi connectivity index (χ0n) is 82.4. The first-order valence-corrected chi connectivity index (χ1v) is 46.6. The standard InChI is InChI=1S/C29H32FN3O4.C20H17FN2O2.C19H15FN2O3.C10H9ClN2O.C10H9FO.C7H13NO.C3H6BrCl.C2H2FO3.C2H2O4.CH4O.2K/c1-19-12-20-4-5-24(27(30)21(20)13-19)37-28-22-14-25(34-2)26(15-23(22)31-18-32-28)36-11-3-8-33-9-6-29(7-10-33)16-35-17-29;1-11-6-13-4-5-17(19(21)14(13)7-11)25-20-15-9-18(24-3)12(2)8-16(15)22-10-23-20;1-10-5-11-3-4-16(18(20)12(11)6-10)25-19-13-7-17(24-2)15(23)8-14(13)21-9-22-19;1-6-3-8-7(4-9(6)14-2)10(11)13-5-12-8;1-6-4-7-2-3-9(12)10(11)8(7)5-6;1-3-8-4-2-7(1)5-9-6-7;4-2-1-3-5;3-1-5-6-2-4;3-1(4)2(5)6;1-2;;/h4-5,13-15,18H,3,6-12,16-17H2,1-2H3;4-5,7-10H,6H2,1-3H3;3-4,6-9,23H,5H2,1-2H3;3-5H,1-2H3;2-3,5,12H,4H2,1H3;8H,1-6H2;1-3H2;1-2H;(H,3,4)(H,5,6);2H,1H3;;/q;;;;;;;-1;;;2*+1/i;;;;;;;2D;;;;. The molecule has 748 valence electrons. The smallest absolute Gasteiger partial charge is 0.505 e. The number of benzene rings is 8. The van der Waals surface area contributed by atoms with E-state index in [9.17, 15) is 27.5 Å². The van der Waals surface area contributed by atoms with Crippen LogP contribution in [0.25, 0.3) is 67.9 Å². The number of rotatable bonds is 19. The fourth-order valence-corrected chi connectivity index (χ4v) is 17.2. The van der Waals surface area contributed by atoms with E-state index >= 15 is 4.39 Å². The topological polar surface area (TPSA) is 382 Å². The summed E-state index contributed by atoms with van der Waals surface area (Å²) in [6.07, 6.45) is 21.7. The monoisotopic (exact) mass is 2130 g/mol. The molecule has 8 heterocycles. The molecular formula is C103H109BrCl2F5K2N10O20+. The number of phenols is 2. The Labute approximate surface area is 928 Å². The first kappa shape index (κ1) is 115. The van der Waals surface area contributed by atoms with Crippen LogP contribution in [0.5, 0.6) is 75.1 Å². The summed E-state index contributed by atoms with van der Waals surface area (Å²) >= 11 is 14.4. The fraction of sp³-hybridized carbons (Fsp3) is 0.340. The molecule has 4 saturated heterocycles. The summed E-state index contributed by atoms with van der Waals surface area (Å²) in [6.45, 7) is 21.6. The number of hydrogen-bond acceptors (Lipinski definition) is 28. The number of carbonyl (C=O) groups excluding carboxylic acids is 1. The predicted molar refractivity (Wildman–Crippen MR) is 528 cm³/mol. The molecule has 0 atom stereocenters. The zero-order chi connectivity index (χ0) is 102. The molecule has 0 amide bonds. The molecule has 4 aromatic heterocycles. The number of alkyl halides is 2. The SMILES string of the molecule is C1CC2(CCN1)COC2.CC1=Cc2c(ccc(O)c2F)C1.CO.COc1cc2c(Cl)ncnc2cc1C.COc1cc2c(Oc3ccc4c(c3F)C=C(C)C4)ncnc2cc1C.COc1cc2c(Oc3ccc4c(c3F)C=C(C)C4)ncnc2cc1O.COc1cc2c(Oc3ccc4c(c3F)C=C(C)C4)ncnc2cc1OCCCN1CCC2(CC1)COC2.ClCCCBr.O=C(O)C(=O)O.[2H]C(=O)OO[CH-]F.[K+].[K+]. The van der Waals surface area contributed by atoms with Crippen LogP contribution in [0.1, 0.15) is 123 Å². The number of halogens is 8. The molecular weight excluding hydrogens is 2020 g/mol. The number of aromatic nitrogens is 8. The van der Waals surface area contributed by atoms with Crippen molar-refractivity contribution in [1.29, 1.82) is 0 Å². The van der Waals surface area contributed by atoms with E-state index in [2.05, 4.69) is 75.8 Å². The van der Waals surface area contributed by atoms with Crippen LogP contribution in [0.4, 0.5) is 22.0 Å². The Morgan fingerprint density at radius 1 is 0.503 bits per heavy atom. The molecule has 8 aromatic carbocycles. The molecule has 4 aliphatic heterocycles. The number of carboxylic acids is 2. The van der Waals surface area contributed by atoms with E-state index < -0.39 is 30.0 Å². The van der Waals surface area contributed by atoms with Gasteiger partial charge in [0.15, 0.2) is 70.6 Å². The van der Waals surface area contributed by atoms with E-state index in [1.54, 1.807) is 63.8 Å². The largest absolute Gasteiger partial charge is 1.00 e. The van der Waals surface area contributed by atoms with E-state index in [1.807, 2.05) is 108 Å². The average Bonchev–Trinajstić information content (AvgIpc) is 1.58. The quantitative estimate of drug-likeness (QED) is 0.00418. The number of nitrogens with one attached hydrogen (secondary N) is 1. The average molecular weight is 2130 g/mol. The summed E-state index contributed by atoms with van der Waals surface area (Å²) in [5.74, 6) is -0.714. The van der Waals surface area contributed by atoms with E-state index in [4.69, 9.17) is 102 Å². The van der Waals surface area contributed by atoms with Gasteiger partial charge < -0.3 is 97.3 Å². The van der Waals surface area contributed by atoms with Gasteiger partial charge in [-0.25, -0.2) is 67.0 Å². The maximum atomic E-state index is 15.1. The number of likely N-dealkylation sites (tertiary alicyclic amines) is 1. The molecule has 0 radical (unpaired) electrons. The molecule has 6 N–H and O–H groups in total. The minimum absolute atomic E-state index is 0. The van der Waals surface area contributed by atoms with Crippen LogP contribution in [-0.2, 0) is 59.3 Å². The van der Waals surface area contributed by atoms with Crippen LogP contribution in [0.15, 0.2) is 145 Å². The van der Waals surface area contributed by atoms with Crippen molar-refractivity contribution < 1.29 is 223 Å². The number of nitrogens with zero attached hydrogens (tertiary/aromatic N) is 9. The number of carboxylic acid groups (broad SMARTS) is 2. The van der Waals surface area contributed by atoms with E-state index in [0.29, 0.717) is 95.2 Å². The Kier molecular flexibility index (Phi) is 45.7. The van der Waals surface area contributed by atoms with Crippen molar-refractivity contribution in [1.82, 2.24) is 50.1 Å². The summed E-state index contributed by atoms with van der Waals surface area (Å²) in [4.78, 5) is 70.0. The van der Waals surface area contributed by atoms with Gasteiger partial charge in [0.1, 0.15) is 42.0 Å². The van der Waals surface area contributed by atoms with Gasteiger partial charge >= 0.3 is 121 Å².